The molecule has 3 unspecified atom stereocenters. The zero-order valence-electron chi connectivity index (χ0n) is 21.8. The molecule has 2 amide bonds. The minimum Gasteiger partial charge on any atom is -0.444 e. The second-order valence-electron chi connectivity index (χ2n) is 12.0. The Hall–Kier alpha value is -1.87. The van der Waals surface area contributed by atoms with Gasteiger partial charge in [0.25, 0.3) is 5.91 Å². The van der Waals surface area contributed by atoms with Crippen LogP contribution in [0.15, 0.2) is 17.3 Å². The fourth-order valence-electron chi connectivity index (χ4n) is 4.58. The summed E-state index contributed by atoms with van der Waals surface area (Å²) in [6, 6.07) is -0.330. The maximum absolute atomic E-state index is 13.7. The summed E-state index contributed by atoms with van der Waals surface area (Å²) in [6.07, 6.45) is 4.53. The summed E-state index contributed by atoms with van der Waals surface area (Å²) in [5.74, 6) is 0.703. The second-order valence-corrected chi connectivity index (χ2v) is 16.8. The predicted molar refractivity (Wildman–Crippen MR) is 133 cm³/mol. The van der Waals surface area contributed by atoms with Gasteiger partial charge in [0.15, 0.2) is 8.32 Å². The van der Waals surface area contributed by atoms with Gasteiger partial charge in [-0.1, -0.05) is 20.8 Å². The number of ether oxygens (including phenoxy) is 1. The molecule has 8 nitrogen and oxygen atoms in total. The van der Waals surface area contributed by atoms with Crippen molar-refractivity contribution in [1.82, 2.24) is 15.1 Å². The lowest BCUT2D eigenvalue weighted by molar-refractivity contribution is -0.165. The molecule has 3 heterocycles. The van der Waals surface area contributed by atoms with E-state index >= 15 is 0 Å². The largest absolute Gasteiger partial charge is 0.444 e. The third kappa shape index (κ3) is 4.99. The SMILES string of the molecule is CC(O[Si](C)(C)C(C)(C)C)C(C1=NC=CCN1)N1CC2(CCCN2C(=O)OC(C)(C)C)C1=O. The molecule has 0 aliphatic carbocycles. The molecule has 3 aliphatic heterocycles. The van der Waals surface area contributed by atoms with E-state index in [-0.39, 0.29) is 23.1 Å². The highest BCUT2D eigenvalue weighted by Gasteiger charge is 2.63. The number of hydrogen-bond donors (Lipinski definition) is 1. The van der Waals surface area contributed by atoms with Gasteiger partial charge < -0.3 is 19.4 Å². The van der Waals surface area contributed by atoms with Gasteiger partial charge in [-0.05, 0) is 64.7 Å². The second kappa shape index (κ2) is 8.72. The van der Waals surface area contributed by atoms with Crippen LogP contribution in [0.5, 0.6) is 0 Å². The number of likely N-dealkylation sites (tertiary alicyclic amines) is 2. The number of amidine groups is 1. The number of nitrogens with one attached hydrogen (secondary N) is 1. The molecular formula is C24H42N4O4Si. The number of amides is 2. The Morgan fingerprint density at radius 3 is 2.42 bits per heavy atom. The van der Waals surface area contributed by atoms with Gasteiger partial charge in [-0.2, -0.15) is 0 Å². The Morgan fingerprint density at radius 1 is 1.24 bits per heavy atom. The zero-order chi connectivity index (χ0) is 24.8. The minimum atomic E-state index is -2.07. The van der Waals surface area contributed by atoms with Gasteiger partial charge in [-0.15, -0.1) is 0 Å². The Kier molecular flexibility index (Phi) is 6.81. The highest BCUT2D eigenvalue weighted by molar-refractivity contribution is 6.74. The van der Waals surface area contributed by atoms with Crippen molar-refractivity contribution < 1.29 is 18.8 Å². The van der Waals surface area contributed by atoms with E-state index in [9.17, 15) is 9.59 Å². The molecule has 0 aromatic heterocycles. The quantitative estimate of drug-likeness (QED) is 0.479. The van der Waals surface area contributed by atoms with Crippen LogP contribution in [0.2, 0.25) is 18.1 Å². The molecule has 0 aromatic carbocycles. The molecule has 0 bridgehead atoms. The van der Waals surface area contributed by atoms with E-state index < -0.39 is 25.6 Å². The van der Waals surface area contributed by atoms with Crippen molar-refractivity contribution in [3.05, 3.63) is 12.3 Å². The van der Waals surface area contributed by atoms with Gasteiger partial charge >= 0.3 is 6.09 Å². The standard InChI is InChI=1S/C24H42N4O4Si/c1-17(32-33(8,9)23(5,6)7)18(19-25-13-11-14-26-19)27-16-24(20(27)29)12-10-15-28(24)21(30)31-22(2,3)4/h11,13,17-18H,10,12,14-16H2,1-9H3,(H,25,26). The van der Waals surface area contributed by atoms with Crippen LogP contribution in [0, 0.1) is 0 Å². The van der Waals surface area contributed by atoms with E-state index in [1.807, 2.05) is 38.7 Å². The van der Waals surface area contributed by atoms with Gasteiger partial charge in [0, 0.05) is 19.3 Å². The number of carbonyl (C=O) groups is 2. The molecule has 9 heteroatoms. The summed E-state index contributed by atoms with van der Waals surface area (Å²) < 4.78 is 12.3. The van der Waals surface area contributed by atoms with E-state index in [1.165, 1.54) is 0 Å². The Morgan fingerprint density at radius 2 is 1.91 bits per heavy atom. The van der Waals surface area contributed by atoms with Crippen molar-refractivity contribution in [3.63, 3.8) is 0 Å². The van der Waals surface area contributed by atoms with Crippen molar-refractivity contribution in [2.45, 2.75) is 103 Å². The molecule has 0 radical (unpaired) electrons. The third-order valence-corrected chi connectivity index (χ3v) is 11.8. The fraction of sp³-hybridized carbons (Fsp3) is 0.792. The van der Waals surface area contributed by atoms with Gasteiger partial charge in [0.1, 0.15) is 23.0 Å². The summed E-state index contributed by atoms with van der Waals surface area (Å²) in [7, 11) is -2.07. The lowest BCUT2D eigenvalue weighted by Crippen LogP contribution is -2.77. The number of aliphatic imine (C=N–C) groups is 1. The van der Waals surface area contributed by atoms with Crippen molar-refractivity contribution in [3.8, 4) is 0 Å². The van der Waals surface area contributed by atoms with Crippen molar-refractivity contribution in [1.29, 1.82) is 0 Å². The lowest BCUT2D eigenvalue weighted by atomic mass is 9.83. The van der Waals surface area contributed by atoms with E-state index in [0.717, 1.165) is 12.3 Å². The minimum absolute atomic E-state index is 0.0411. The molecule has 3 rings (SSSR count). The first-order valence-corrected chi connectivity index (χ1v) is 15.0. The highest BCUT2D eigenvalue weighted by Crippen LogP contribution is 2.43. The van der Waals surface area contributed by atoms with E-state index in [1.54, 1.807) is 11.1 Å². The van der Waals surface area contributed by atoms with E-state index in [4.69, 9.17) is 9.16 Å². The van der Waals surface area contributed by atoms with Crippen molar-refractivity contribution in [2.75, 3.05) is 19.6 Å². The van der Waals surface area contributed by atoms with Crippen LogP contribution in [0.3, 0.4) is 0 Å². The molecule has 186 valence electrons. The Balaban J connectivity index is 1.85. The Labute approximate surface area is 199 Å². The topological polar surface area (TPSA) is 83.5 Å². The van der Waals surface area contributed by atoms with E-state index in [0.29, 0.717) is 26.1 Å². The van der Waals surface area contributed by atoms with Crippen LogP contribution in [0.4, 0.5) is 4.79 Å². The van der Waals surface area contributed by atoms with Crippen molar-refractivity contribution >= 4 is 26.2 Å². The number of hydrogen-bond acceptors (Lipinski definition) is 6. The molecule has 1 N–H and O–H groups in total. The van der Waals surface area contributed by atoms with Crippen LogP contribution in [0.25, 0.3) is 0 Å². The van der Waals surface area contributed by atoms with Crippen LogP contribution in [-0.4, -0.2) is 78.9 Å². The number of β-lactam (4-membered cyclic amide) rings is 1. The third-order valence-electron chi connectivity index (χ3n) is 7.26. The zero-order valence-corrected chi connectivity index (χ0v) is 22.8. The van der Waals surface area contributed by atoms with Gasteiger partial charge in [-0.25, -0.2) is 9.79 Å². The van der Waals surface area contributed by atoms with Gasteiger partial charge in [0.05, 0.1) is 12.6 Å². The summed E-state index contributed by atoms with van der Waals surface area (Å²) >= 11 is 0. The van der Waals surface area contributed by atoms with Gasteiger partial charge in [0.2, 0.25) is 0 Å². The summed E-state index contributed by atoms with van der Waals surface area (Å²) in [6.45, 7) is 20.3. The fourth-order valence-corrected chi connectivity index (χ4v) is 5.99. The summed E-state index contributed by atoms with van der Waals surface area (Å²) in [5.41, 5.74) is -1.42. The first-order valence-electron chi connectivity index (χ1n) is 12.1. The van der Waals surface area contributed by atoms with E-state index in [2.05, 4.69) is 44.2 Å². The molecular weight excluding hydrogens is 436 g/mol. The molecule has 2 fully saturated rings. The molecule has 0 aromatic rings. The Bertz CT molecular complexity index is 842. The number of rotatable bonds is 5. The highest BCUT2D eigenvalue weighted by atomic mass is 28.4. The monoisotopic (exact) mass is 478 g/mol. The first-order chi connectivity index (χ1) is 15.1. The molecule has 3 atom stereocenters. The van der Waals surface area contributed by atoms with Crippen LogP contribution in [-0.2, 0) is 14.0 Å². The molecule has 0 saturated carbocycles. The normalized spacial score (nSPS) is 25.5. The molecule has 33 heavy (non-hydrogen) atoms. The maximum atomic E-state index is 13.7. The van der Waals surface area contributed by atoms with Crippen LogP contribution in [0.1, 0.15) is 61.3 Å². The first kappa shape index (κ1) is 25.7. The smallest absolute Gasteiger partial charge is 0.411 e. The molecule has 1 spiro atoms. The van der Waals surface area contributed by atoms with Crippen molar-refractivity contribution in [2.24, 2.45) is 4.99 Å². The summed E-state index contributed by atoms with van der Waals surface area (Å²) in [5, 5.41) is 3.39. The average Bonchev–Trinajstić information content (AvgIpc) is 3.13. The lowest BCUT2D eigenvalue weighted by Gasteiger charge is -2.55. The summed E-state index contributed by atoms with van der Waals surface area (Å²) in [4.78, 5) is 34.7. The molecule has 3 aliphatic rings. The number of nitrogens with zero attached hydrogens (tertiary/aromatic N) is 3. The van der Waals surface area contributed by atoms with Crippen LogP contribution >= 0.6 is 0 Å². The maximum Gasteiger partial charge on any atom is 0.411 e. The number of carbonyl (C=O) groups excluding carboxylic acids is 2. The average molecular weight is 479 g/mol. The predicted octanol–water partition coefficient (Wildman–Crippen LogP) is 3.89. The van der Waals surface area contributed by atoms with Gasteiger partial charge in [-0.3, -0.25) is 9.69 Å². The molecule has 2 saturated heterocycles. The van der Waals surface area contributed by atoms with Crippen LogP contribution < -0.4 is 5.32 Å².